The molecule has 2 unspecified atom stereocenters. The van der Waals surface area contributed by atoms with Crippen molar-refractivity contribution in [1.82, 2.24) is 0 Å². The fourth-order valence-corrected chi connectivity index (χ4v) is 6.55. The summed E-state index contributed by atoms with van der Waals surface area (Å²) in [5, 5.41) is 1.37. The number of Topliss-reactive ketones (excluding diaryl/α,β-unsaturated/α-hetero) is 1. The molecule has 0 saturated carbocycles. The van der Waals surface area contributed by atoms with Gasteiger partial charge in [-0.05, 0) is 55.3 Å². The first-order valence-corrected chi connectivity index (χ1v) is 11.7. The zero-order valence-corrected chi connectivity index (χ0v) is 19.4. The number of benzene rings is 3. The first kappa shape index (κ1) is 21.3. The van der Waals surface area contributed by atoms with Crippen LogP contribution in [0.2, 0.25) is 10.0 Å². The number of ketones is 1. The van der Waals surface area contributed by atoms with E-state index in [-0.39, 0.29) is 11.2 Å². The first-order chi connectivity index (χ1) is 15.4. The molecule has 2 atom stereocenters. The van der Waals surface area contributed by atoms with Crippen molar-refractivity contribution in [1.29, 1.82) is 0 Å². The molecule has 0 radical (unpaired) electrons. The fourth-order valence-electron chi connectivity index (χ4n) is 4.49. The smallest absolute Gasteiger partial charge is 0.195 e. The van der Waals surface area contributed by atoms with E-state index >= 15 is 0 Å². The molecular formula is C26H18Cl2O3S. The largest absolute Gasteiger partial charge is 0.464 e. The number of thioether (sulfide) groups is 1. The van der Waals surface area contributed by atoms with Crippen molar-refractivity contribution in [3.8, 4) is 0 Å². The molecule has 6 heteroatoms. The molecule has 1 aliphatic heterocycles. The maximum Gasteiger partial charge on any atom is 0.195 e. The summed E-state index contributed by atoms with van der Waals surface area (Å²) in [6.45, 7) is 2.03. The molecule has 32 heavy (non-hydrogen) atoms. The fraction of sp³-hybridized carbons (Fsp3) is 0.154. The topological polar surface area (TPSA) is 47.3 Å². The molecule has 0 spiro atoms. The van der Waals surface area contributed by atoms with Crippen molar-refractivity contribution in [2.24, 2.45) is 0 Å². The van der Waals surface area contributed by atoms with Gasteiger partial charge in [0.1, 0.15) is 5.58 Å². The highest BCUT2D eigenvalue weighted by molar-refractivity contribution is 8.01. The van der Waals surface area contributed by atoms with E-state index in [0.717, 1.165) is 10.5 Å². The van der Waals surface area contributed by atoms with Gasteiger partial charge in [-0.2, -0.15) is 0 Å². The van der Waals surface area contributed by atoms with Gasteiger partial charge in [-0.15, -0.1) is 11.8 Å². The number of hydrogen-bond acceptors (Lipinski definition) is 4. The normalized spacial score (nSPS) is 19.8. The lowest BCUT2D eigenvalue weighted by molar-refractivity contribution is 0.0944. The molecule has 0 amide bonds. The van der Waals surface area contributed by atoms with Crippen LogP contribution in [-0.2, 0) is 6.42 Å². The Bertz CT molecular complexity index is 1410. The molecule has 2 heterocycles. The molecule has 3 nitrogen and oxygen atoms in total. The number of para-hydroxylation sites is 1. The van der Waals surface area contributed by atoms with Crippen LogP contribution in [0.15, 0.2) is 87.1 Å². The molecule has 4 aromatic rings. The van der Waals surface area contributed by atoms with Crippen LogP contribution in [0.5, 0.6) is 0 Å². The van der Waals surface area contributed by atoms with E-state index in [1.54, 1.807) is 42.1 Å². The zero-order valence-electron chi connectivity index (χ0n) is 17.1. The summed E-state index contributed by atoms with van der Waals surface area (Å²) in [5.41, 5.74) is 2.44. The summed E-state index contributed by atoms with van der Waals surface area (Å²) in [7, 11) is 0. The van der Waals surface area contributed by atoms with Crippen LogP contribution in [-0.4, -0.2) is 10.5 Å². The number of fused-ring (bicyclic) bond motifs is 2. The third kappa shape index (κ3) is 3.66. The van der Waals surface area contributed by atoms with Gasteiger partial charge >= 0.3 is 0 Å². The summed E-state index contributed by atoms with van der Waals surface area (Å²) >= 11 is 14.0. The average molecular weight is 481 g/mol. The lowest BCUT2D eigenvalue weighted by Gasteiger charge is -2.30. The summed E-state index contributed by atoms with van der Waals surface area (Å²) < 4.78 is 5.15. The van der Waals surface area contributed by atoms with E-state index in [1.807, 2.05) is 43.3 Å². The predicted molar refractivity (Wildman–Crippen MR) is 130 cm³/mol. The van der Waals surface area contributed by atoms with Crippen molar-refractivity contribution in [2.45, 2.75) is 28.9 Å². The summed E-state index contributed by atoms with van der Waals surface area (Å²) in [4.78, 5) is 28.0. The van der Waals surface area contributed by atoms with Crippen LogP contribution in [0.1, 0.15) is 34.3 Å². The highest BCUT2D eigenvalue weighted by atomic mass is 35.5. The molecule has 1 aromatic heterocycles. The lowest BCUT2D eigenvalue weighted by atomic mass is 9.78. The number of carbonyl (C=O) groups excluding carboxylic acids is 1. The lowest BCUT2D eigenvalue weighted by Crippen LogP contribution is -2.35. The maximum atomic E-state index is 13.8. The molecule has 5 rings (SSSR count). The number of halogens is 2. The van der Waals surface area contributed by atoms with Crippen LogP contribution in [0.25, 0.3) is 11.0 Å². The minimum Gasteiger partial charge on any atom is -0.464 e. The predicted octanol–water partition coefficient (Wildman–Crippen LogP) is 7.17. The standard InChI is InChI=1S/C26H18Cl2O3S/c1-26(13-16-14-31-21-8-4-2-6-19(21)24(16)29)23(20-7-3-5-9-22(20)32-26)25(30)15-10-17(27)12-18(28)11-15/h2-12,14,23H,13H2,1H3. The van der Waals surface area contributed by atoms with Crippen molar-refractivity contribution >= 4 is 51.7 Å². The van der Waals surface area contributed by atoms with E-state index in [1.165, 1.54) is 6.26 Å². The van der Waals surface area contributed by atoms with Crippen LogP contribution < -0.4 is 5.43 Å². The molecular weight excluding hydrogens is 463 g/mol. The third-order valence-electron chi connectivity index (χ3n) is 5.89. The van der Waals surface area contributed by atoms with Gasteiger partial charge in [-0.1, -0.05) is 53.5 Å². The quantitative estimate of drug-likeness (QED) is 0.290. The van der Waals surface area contributed by atoms with Crippen molar-refractivity contribution in [3.05, 3.63) is 110 Å². The Morgan fingerprint density at radius 1 is 1.03 bits per heavy atom. The molecule has 0 N–H and O–H groups in total. The second-order valence-electron chi connectivity index (χ2n) is 8.17. The van der Waals surface area contributed by atoms with E-state index < -0.39 is 10.7 Å². The second kappa shape index (κ2) is 8.11. The molecule has 3 aromatic carbocycles. The van der Waals surface area contributed by atoms with Gasteiger partial charge in [-0.25, -0.2) is 0 Å². The summed E-state index contributed by atoms with van der Waals surface area (Å²) in [5.74, 6) is -0.538. The Morgan fingerprint density at radius 3 is 2.50 bits per heavy atom. The van der Waals surface area contributed by atoms with Gasteiger partial charge in [-0.3, -0.25) is 9.59 Å². The molecule has 160 valence electrons. The Morgan fingerprint density at radius 2 is 1.72 bits per heavy atom. The first-order valence-electron chi connectivity index (χ1n) is 10.1. The van der Waals surface area contributed by atoms with Gasteiger partial charge in [0.05, 0.1) is 17.6 Å². The van der Waals surface area contributed by atoms with E-state index in [2.05, 4.69) is 0 Å². The van der Waals surface area contributed by atoms with Gasteiger partial charge in [0.2, 0.25) is 0 Å². The van der Waals surface area contributed by atoms with Crippen molar-refractivity contribution in [3.63, 3.8) is 0 Å². The van der Waals surface area contributed by atoms with Crippen LogP contribution in [0.3, 0.4) is 0 Å². The van der Waals surface area contributed by atoms with E-state index in [9.17, 15) is 9.59 Å². The molecule has 0 bridgehead atoms. The molecule has 1 aliphatic rings. The Labute approximate surface area is 199 Å². The minimum atomic E-state index is -0.591. The molecule has 0 aliphatic carbocycles. The number of carbonyl (C=O) groups is 1. The van der Waals surface area contributed by atoms with Crippen molar-refractivity contribution in [2.75, 3.05) is 0 Å². The highest BCUT2D eigenvalue weighted by Crippen LogP contribution is 2.55. The van der Waals surface area contributed by atoms with E-state index in [0.29, 0.717) is 38.6 Å². The van der Waals surface area contributed by atoms with Crippen molar-refractivity contribution < 1.29 is 9.21 Å². The van der Waals surface area contributed by atoms with E-state index in [4.69, 9.17) is 27.6 Å². The van der Waals surface area contributed by atoms with Gasteiger partial charge in [0.25, 0.3) is 0 Å². The Kier molecular flexibility index (Phi) is 5.40. The second-order valence-corrected chi connectivity index (χ2v) is 10.6. The SMILES string of the molecule is CC1(Cc2coc3ccccc3c2=O)Sc2ccccc2C1C(=O)c1cc(Cl)cc(Cl)c1. The number of hydrogen-bond donors (Lipinski definition) is 0. The monoisotopic (exact) mass is 480 g/mol. The van der Waals surface area contributed by atoms with Gasteiger partial charge < -0.3 is 4.42 Å². The average Bonchev–Trinajstić information content (AvgIpc) is 3.06. The maximum absolute atomic E-state index is 13.8. The Hall–Kier alpha value is -2.53. The third-order valence-corrected chi connectivity index (χ3v) is 7.76. The molecule has 0 fully saturated rings. The number of rotatable bonds is 4. The minimum absolute atomic E-state index is 0.0679. The zero-order chi connectivity index (χ0) is 22.5. The van der Waals surface area contributed by atoms with Crippen LogP contribution in [0.4, 0.5) is 0 Å². The van der Waals surface area contributed by atoms with Crippen LogP contribution in [0, 0.1) is 0 Å². The highest BCUT2D eigenvalue weighted by Gasteiger charge is 2.48. The van der Waals surface area contributed by atoms with Crippen LogP contribution >= 0.6 is 35.0 Å². The molecule has 0 saturated heterocycles. The van der Waals surface area contributed by atoms with Gasteiger partial charge in [0, 0.05) is 30.8 Å². The Balaban J connectivity index is 1.61. The summed E-state index contributed by atoms with van der Waals surface area (Å²) in [6.07, 6.45) is 1.90. The summed E-state index contributed by atoms with van der Waals surface area (Å²) in [6, 6.07) is 20.0. The van der Waals surface area contributed by atoms with Gasteiger partial charge in [0.15, 0.2) is 11.2 Å².